The molecule has 5 rings (SSSR count). The largest absolute Gasteiger partial charge is 0.493 e. The molecule has 5 atom stereocenters. The molecule has 2 saturated carbocycles. The molecule has 3 aliphatic carbocycles. The van der Waals surface area contributed by atoms with Crippen molar-refractivity contribution in [1.82, 2.24) is 0 Å². The number of fused-ring (bicyclic) bond motifs is 5. The Balaban J connectivity index is 1.47. The van der Waals surface area contributed by atoms with Gasteiger partial charge in [0.25, 0.3) is 0 Å². The lowest BCUT2D eigenvalue weighted by Gasteiger charge is -2.53. The monoisotopic (exact) mass is 784 g/mol. The van der Waals surface area contributed by atoms with Gasteiger partial charge < -0.3 is 8.92 Å². The van der Waals surface area contributed by atoms with Crippen molar-refractivity contribution < 1.29 is 56.9 Å². The number of hydrogen-bond acceptors (Lipinski definition) is 4. The molecular weight excluding hydrogens is 754 g/mol. The van der Waals surface area contributed by atoms with Crippen LogP contribution in [0.15, 0.2) is 42.5 Å². The van der Waals surface area contributed by atoms with Crippen LogP contribution >= 0.6 is 22.6 Å². The summed E-state index contributed by atoms with van der Waals surface area (Å²) >= 11 is 2.21. The zero-order chi connectivity index (χ0) is 33.2. The fourth-order valence-electron chi connectivity index (χ4n) is 7.74. The minimum Gasteiger partial charge on any atom is -0.493 e. The molecule has 2 aromatic carbocycles. The van der Waals surface area contributed by atoms with Gasteiger partial charge in [-0.05, 0) is 102 Å². The van der Waals surface area contributed by atoms with Crippen LogP contribution < -0.4 is 8.92 Å². The Labute approximate surface area is 268 Å². The molecule has 0 spiro atoms. The Kier molecular flexibility index (Phi) is 8.92. The number of alkyl halides is 10. The maximum Gasteiger partial charge on any atom is 0.460 e. The first-order valence-corrected chi connectivity index (χ1v) is 17.3. The molecule has 0 bridgehead atoms. The number of hydrogen-bond donors (Lipinski definition) is 0. The second kappa shape index (κ2) is 11.7. The lowest BCUT2D eigenvalue weighted by atomic mass is 9.51. The van der Waals surface area contributed by atoms with Crippen molar-refractivity contribution in [2.45, 2.75) is 80.6 Å². The zero-order valence-corrected chi connectivity index (χ0v) is 26.8. The molecule has 0 radical (unpaired) electrons. The van der Waals surface area contributed by atoms with Crippen LogP contribution in [-0.2, 0) is 16.5 Å². The highest BCUT2D eigenvalue weighted by Crippen LogP contribution is 2.65. The van der Waals surface area contributed by atoms with Gasteiger partial charge in [0.2, 0.25) is 0 Å². The topological polar surface area (TPSA) is 52.6 Å². The fourth-order valence-corrected chi connectivity index (χ4v) is 8.86. The Morgan fingerprint density at radius 1 is 0.911 bits per heavy atom. The van der Waals surface area contributed by atoms with Crippen molar-refractivity contribution in [3.05, 3.63) is 59.2 Å². The van der Waals surface area contributed by atoms with Crippen molar-refractivity contribution in [3.8, 4) is 11.5 Å². The smallest absolute Gasteiger partial charge is 0.460 e. The summed E-state index contributed by atoms with van der Waals surface area (Å²) in [4.78, 5) is 0. The lowest BCUT2D eigenvalue weighted by molar-refractivity contribution is -0.382. The molecule has 0 aromatic heterocycles. The highest BCUT2D eigenvalue weighted by atomic mass is 127. The fraction of sp³-hybridized carbons (Fsp3) is 0.600. The highest BCUT2D eigenvalue weighted by Gasteiger charge is 2.86. The minimum atomic E-state index is -7.37. The predicted molar refractivity (Wildman–Crippen MR) is 155 cm³/mol. The van der Waals surface area contributed by atoms with Gasteiger partial charge in [0.15, 0.2) is 0 Å². The molecule has 45 heavy (non-hydrogen) atoms. The third-order valence-corrected chi connectivity index (χ3v) is 11.5. The van der Waals surface area contributed by atoms with Crippen molar-refractivity contribution in [1.29, 1.82) is 0 Å². The van der Waals surface area contributed by atoms with E-state index in [1.165, 1.54) is 6.07 Å². The van der Waals surface area contributed by atoms with E-state index in [1.54, 1.807) is 0 Å². The van der Waals surface area contributed by atoms with Crippen LogP contribution in [0.25, 0.3) is 0 Å². The van der Waals surface area contributed by atoms with Crippen molar-refractivity contribution >= 4 is 32.7 Å². The van der Waals surface area contributed by atoms with Gasteiger partial charge in [-0.25, -0.2) is 0 Å². The lowest BCUT2D eigenvalue weighted by Crippen LogP contribution is -2.63. The van der Waals surface area contributed by atoms with Crippen molar-refractivity contribution in [3.63, 3.8) is 0 Å². The van der Waals surface area contributed by atoms with Crippen LogP contribution in [0.4, 0.5) is 39.5 Å². The number of benzene rings is 2. The minimum absolute atomic E-state index is 0.0233. The summed E-state index contributed by atoms with van der Waals surface area (Å²) in [6.45, 7) is 2.84. The first-order chi connectivity index (χ1) is 20.8. The highest BCUT2D eigenvalue weighted by molar-refractivity contribution is 14.1. The Bertz CT molecular complexity index is 1510. The van der Waals surface area contributed by atoms with Gasteiger partial charge in [0.1, 0.15) is 11.5 Å². The normalized spacial score (nSPS) is 27.4. The van der Waals surface area contributed by atoms with Gasteiger partial charge in [-0.3, -0.25) is 0 Å². The molecule has 2 fully saturated rings. The van der Waals surface area contributed by atoms with Crippen LogP contribution in [-0.4, -0.2) is 42.7 Å². The first-order valence-electron chi connectivity index (χ1n) is 14.3. The van der Waals surface area contributed by atoms with Gasteiger partial charge in [-0.2, -0.15) is 47.9 Å². The summed E-state index contributed by atoms with van der Waals surface area (Å²) in [6.07, 6.45) is -2.10. The molecule has 3 aliphatic rings. The molecule has 0 aliphatic heterocycles. The van der Waals surface area contributed by atoms with Crippen molar-refractivity contribution in [2.75, 3.05) is 11.0 Å². The third kappa shape index (κ3) is 5.68. The molecule has 2 aromatic rings. The molecule has 0 saturated heterocycles. The first kappa shape index (κ1) is 34.4. The Morgan fingerprint density at radius 3 is 2.18 bits per heavy atom. The predicted octanol–water partition coefficient (Wildman–Crippen LogP) is 9.27. The van der Waals surface area contributed by atoms with E-state index < -0.39 is 39.1 Å². The van der Waals surface area contributed by atoms with Gasteiger partial charge in [0, 0.05) is 4.43 Å². The van der Waals surface area contributed by atoms with E-state index in [9.17, 15) is 47.9 Å². The summed E-state index contributed by atoms with van der Waals surface area (Å²) < 4.78 is 156. The number of aryl methyl sites for hydroxylation is 1. The van der Waals surface area contributed by atoms with E-state index in [0.29, 0.717) is 30.9 Å². The molecule has 0 heterocycles. The molecular formula is C30H30F9IO4S. The summed E-state index contributed by atoms with van der Waals surface area (Å²) in [5.74, 6) is -14.3. The van der Waals surface area contributed by atoms with Crippen LogP contribution in [0.5, 0.6) is 11.5 Å². The molecule has 4 nitrogen and oxygen atoms in total. The van der Waals surface area contributed by atoms with E-state index >= 15 is 0 Å². The Morgan fingerprint density at radius 2 is 1.56 bits per heavy atom. The van der Waals surface area contributed by atoms with E-state index in [-0.39, 0.29) is 23.2 Å². The SMILES string of the molecule is CC12CCCC1C1CCc3cc(OS(=O)(=O)C(F)(F)C(F)(F)C(F)(F)C(F)(F)F)ccc3C1C(c1ccc(OCCI)cc1)C2. The van der Waals surface area contributed by atoms with E-state index in [2.05, 4.69) is 33.7 Å². The van der Waals surface area contributed by atoms with Gasteiger partial charge >= 0.3 is 33.4 Å². The zero-order valence-electron chi connectivity index (χ0n) is 23.8. The van der Waals surface area contributed by atoms with E-state index in [0.717, 1.165) is 59.1 Å². The van der Waals surface area contributed by atoms with Crippen LogP contribution in [0.3, 0.4) is 0 Å². The molecule has 250 valence electrons. The number of rotatable bonds is 9. The maximum atomic E-state index is 14.3. The average molecular weight is 785 g/mol. The van der Waals surface area contributed by atoms with Gasteiger partial charge in [0.05, 0.1) is 6.61 Å². The Hall–Kier alpha value is -1.91. The average Bonchev–Trinajstić information content (AvgIpc) is 3.36. The van der Waals surface area contributed by atoms with Crippen LogP contribution in [0, 0.1) is 17.3 Å². The number of ether oxygens (including phenoxy) is 1. The quantitative estimate of drug-likeness (QED) is 0.110. The summed E-state index contributed by atoms with van der Waals surface area (Å²) in [7, 11) is -7.02. The third-order valence-electron chi connectivity index (χ3n) is 9.77. The molecule has 5 unspecified atom stereocenters. The summed E-state index contributed by atoms with van der Waals surface area (Å²) in [6, 6.07) is 11.2. The number of halogens is 10. The maximum absolute atomic E-state index is 14.3. The van der Waals surface area contributed by atoms with E-state index in [1.807, 2.05) is 24.3 Å². The van der Waals surface area contributed by atoms with Crippen LogP contribution in [0.2, 0.25) is 0 Å². The standard InChI is InChI=1S/C30H30F9IO4S/c1-26-12-2-3-24(26)22-10-6-18-15-20(44-45(41,42)30(38,39)28(33,34)27(31,32)29(35,36)37)9-11-21(18)25(22)23(16-26)17-4-7-19(8-5-17)43-14-13-40/h4-5,7-9,11,15,22-25H,2-3,6,10,12-14,16H2,1H3. The summed E-state index contributed by atoms with van der Waals surface area (Å²) in [5, 5.41) is -6.92. The molecule has 0 N–H and O–H groups in total. The molecule has 0 amide bonds. The summed E-state index contributed by atoms with van der Waals surface area (Å²) in [5.41, 5.74) is 2.43. The second-order valence-electron chi connectivity index (χ2n) is 12.4. The van der Waals surface area contributed by atoms with Crippen molar-refractivity contribution in [2.24, 2.45) is 17.3 Å². The molecule has 15 heteroatoms. The van der Waals surface area contributed by atoms with Crippen LogP contribution in [0.1, 0.15) is 67.6 Å². The van der Waals surface area contributed by atoms with E-state index in [4.69, 9.17) is 4.74 Å². The second-order valence-corrected chi connectivity index (χ2v) is 15.0. The van der Waals surface area contributed by atoms with Gasteiger partial charge in [-0.15, -0.1) is 0 Å². The van der Waals surface area contributed by atoms with Gasteiger partial charge in [-0.1, -0.05) is 54.1 Å².